The molecule has 4 aromatic rings. The largest absolute Gasteiger partial charge is 0.342 e. The Hall–Kier alpha value is -3.62. The maximum atomic E-state index is 13.1. The zero-order valence-electron chi connectivity index (χ0n) is 21.4. The molecule has 7 nitrogen and oxygen atoms in total. The Morgan fingerprint density at radius 3 is 2.55 bits per heavy atom. The maximum Gasteiger partial charge on any atom is 0.253 e. The Morgan fingerprint density at radius 2 is 1.79 bits per heavy atom. The Kier molecular flexibility index (Phi) is 9.20. The molecule has 38 heavy (non-hydrogen) atoms. The van der Waals surface area contributed by atoms with Crippen LogP contribution in [0.2, 0.25) is 5.02 Å². The first-order valence-corrected chi connectivity index (χ1v) is 13.7. The van der Waals surface area contributed by atoms with Crippen molar-refractivity contribution in [1.82, 2.24) is 20.1 Å². The van der Waals surface area contributed by atoms with Gasteiger partial charge in [-0.2, -0.15) is 0 Å². The molecule has 1 atom stereocenters. The van der Waals surface area contributed by atoms with Crippen molar-refractivity contribution in [3.8, 4) is 0 Å². The summed E-state index contributed by atoms with van der Waals surface area (Å²) in [7, 11) is 0. The molecule has 0 aliphatic carbocycles. The third-order valence-electron chi connectivity index (χ3n) is 5.90. The van der Waals surface area contributed by atoms with Gasteiger partial charge in [-0.25, -0.2) is 0 Å². The van der Waals surface area contributed by atoms with Gasteiger partial charge in [0.1, 0.15) is 0 Å². The monoisotopic (exact) mass is 547 g/mol. The average molecular weight is 548 g/mol. The number of hydrogen-bond donors (Lipinski definition) is 2. The Bertz CT molecular complexity index is 1450. The van der Waals surface area contributed by atoms with Gasteiger partial charge in [0.25, 0.3) is 5.91 Å². The van der Waals surface area contributed by atoms with Gasteiger partial charge in [-0.3, -0.25) is 9.59 Å². The van der Waals surface area contributed by atoms with Crippen molar-refractivity contribution in [3.05, 3.63) is 95.8 Å². The number of benzene rings is 3. The van der Waals surface area contributed by atoms with Gasteiger partial charge in [0.15, 0.2) is 11.0 Å². The van der Waals surface area contributed by atoms with Gasteiger partial charge in [0.05, 0.1) is 22.4 Å². The summed E-state index contributed by atoms with van der Waals surface area (Å²) < 4.78 is 1.89. The Morgan fingerprint density at radius 1 is 1.05 bits per heavy atom. The van der Waals surface area contributed by atoms with E-state index in [9.17, 15) is 9.59 Å². The number of hydrogen-bond acceptors (Lipinski definition) is 5. The fourth-order valence-electron chi connectivity index (χ4n) is 4.20. The van der Waals surface area contributed by atoms with Crippen molar-refractivity contribution in [2.24, 2.45) is 5.92 Å². The molecule has 3 aromatic carbocycles. The zero-order valence-corrected chi connectivity index (χ0v) is 22.9. The van der Waals surface area contributed by atoms with E-state index in [1.165, 1.54) is 11.8 Å². The number of allylic oxidation sites excluding steroid dienone is 1. The molecule has 0 fully saturated rings. The number of fused-ring (bicyclic) bond motifs is 1. The van der Waals surface area contributed by atoms with E-state index < -0.39 is 6.04 Å². The molecule has 0 saturated carbocycles. The minimum atomic E-state index is -0.398. The lowest BCUT2D eigenvalue weighted by molar-refractivity contribution is -0.113. The molecule has 1 aromatic heterocycles. The number of thioether (sulfide) groups is 1. The summed E-state index contributed by atoms with van der Waals surface area (Å²) in [5.41, 5.74) is 1.17. The molecule has 1 heterocycles. The molecule has 0 bridgehead atoms. The first-order valence-electron chi connectivity index (χ1n) is 12.4. The number of amides is 2. The molecule has 196 valence electrons. The fraction of sp³-hybridized carbons (Fsp3) is 0.241. The van der Waals surface area contributed by atoms with Crippen LogP contribution in [0.4, 0.5) is 5.69 Å². The number of carbonyl (C=O) groups excluding carboxylic acids is 2. The molecule has 2 N–H and O–H groups in total. The highest BCUT2D eigenvalue weighted by Gasteiger charge is 2.25. The van der Waals surface area contributed by atoms with Gasteiger partial charge >= 0.3 is 0 Å². The first-order chi connectivity index (χ1) is 18.4. The summed E-state index contributed by atoms with van der Waals surface area (Å²) in [4.78, 5) is 25.9. The van der Waals surface area contributed by atoms with E-state index in [-0.39, 0.29) is 23.5 Å². The van der Waals surface area contributed by atoms with Gasteiger partial charge in [0, 0.05) is 17.6 Å². The minimum absolute atomic E-state index is 0.146. The van der Waals surface area contributed by atoms with Crippen molar-refractivity contribution in [2.75, 3.05) is 11.1 Å². The number of nitrogens with zero attached hydrogens (tertiary/aromatic N) is 3. The maximum absolute atomic E-state index is 13.1. The number of anilines is 1. The van der Waals surface area contributed by atoms with Crippen LogP contribution in [0, 0.1) is 5.92 Å². The van der Waals surface area contributed by atoms with E-state index in [0.717, 1.165) is 16.5 Å². The van der Waals surface area contributed by atoms with Crippen LogP contribution in [0.5, 0.6) is 0 Å². The number of rotatable bonds is 11. The molecule has 2 amide bonds. The zero-order chi connectivity index (χ0) is 27.1. The molecule has 0 unspecified atom stereocenters. The summed E-state index contributed by atoms with van der Waals surface area (Å²) in [5, 5.41) is 17.9. The van der Waals surface area contributed by atoms with Crippen LogP contribution in [0.25, 0.3) is 10.8 Å². The van der Waals surface area contributed by atoms with Crippen LogP contribution in [0.15, 0.2) is 84.5 Å². The number of nitrogens with one attached hydrogen (secondary N) is 2. The fourth-order valence-corrected chi connectivity index (χ4v) is 5.17. The summed E-state index contributed by atoms with van der Waals surface area (Å²) in [6.45, 7) is 8.46. The second kappa shape index (κ2) is 12.8. The summed E-state index contributed by atoms with van der Waals surface area (Å²) in [6, 6.07) is 20.3. The molecule has 0 saturated heterocycles. The van der Waals surface area contributed by atoms with Gasteiger partial charge in [-0.1, -0.05) is 91.8 Å². The predicted molar refractivity (Wildman–Crippen MR) is 155 cm³/mol. The smallest absolute Gasteiger partial charge is 0.253 e. The average Bonchev–Trinajstić information content (AvgIpc) is 3.30. The van der Waals surface area contributed by atoms with Crippen molar-refractivity contribution in [2.45, 2.75) is 38.0 Å². The van der Waals surface area contributed by atoms with Crippen LogP contribution >= 0.6 is 23.4 Å². The van der Waals surface area contributed by atoms with E-state index in [1.54, 1.807) is 30.3 Å². The number of aromatic nitrogens is 3. The van der Waals surface area contributed by atoms with Crippen LogP contribution < -0.4 is 10.6 Å². The van der Waals surface area contributed by atoms with Crippen molar-refractivity contribution < 1.29 is 9.59 Å². The lowest BCUT2D eigenvalue weighted by atomic mass is 10.0. The van der Waals surface area contributed by atoms with Crippen LogP contribution in [-0.4, -0.2) is 32.3 Å². The molecule has 0 radical (unpaired) electrons. The molecule has 0 aliphatic heterocycles. The highest BCUT2D eigenvalue weighted by Crippen LogP contribution is 2.27. The van der Waals surface area contributed by atoms with Crippen LogP contribution in [0.3, 0.4) is 0 Å². The van der Waals surface area contributed by atoms with Gasteiger partial charge in [-0.05, 0) is 35.9 Å². The Balaban J connectivity index is 1.51. The summed E-state index contributed by atoms with van der Waals surface area (Å²) in [5.74, 6) is 0.614. The number of halogens is 1. The Labute approximate surface area is 231 Å². The molecule has 0 spiro atoms. The summed E-state index contributed by atoms with van der Waals surface area (Å²) >= 11 is 7.54. The standard InChI is InChI=1S/C29H30ClN5O2S/c1-4-16-35-27(25(17-19(2)3)32-28(37)22-13-7-8-14-23(22)30)33-34-29(35)38-18-26(36)31-24-15-9-11-20-10-5-6-12-21(20)24/h4-15,19,25H,1,16-18H2,2-3H3,(H,31,36)(H,32,37)/t25-/m1/s1. The third kappa shape index (κ3) is 6.62. The third-order valence-corrected chi connectivity index (χ3v) is 7.19. The van der Waals surface area contributed by atoms with Crippen molar-refractivity contribution in [3.63, 3.8) is 0 Å². The molecule has 9 heteroatoms. The van der Waals surface area contributed by atoms with Gasteiger partial charge < -0.3 is 15.2 Å². The predicted octanol–water partition coefficient (Wildman–Crippen LogP) is 6.52. The normalized spacial score (nSPS) is 11.9. The second-order valence-corrected chi connectivity index (χ2v) is 10.6. The quantitative estimate of drug-likeness (QED) is 0.165. The number of carbonyl (C=O) groups is 2. The molecular formula is C29H30ClN5O2S. The lowest BCUT2D eigenvalue weighted by Gasteiger charge is -2.21. The van der Waals surface area contributed by atoms with E-state index in [4.69, 9.17) is 11.6 Å². The van der Waals surface area contributed by atoms with E-state index in [2.05, 4.69) is 41.3 Å². The highest BCUT2D eigenvalue weighted by molar-refractivity contribution is 7.99. The molecule has 4 rings (SSSR count). The highest BCUT2D eigenvalue weighted by atomic mass is 35.5. The minimum Gasteiger partial charge on any atom is -0.342 e. The second-order valence-electron chi connectivity index (χ2n) is 9.24. The van der Waals surface area contributed by atoms with E-state index in [1.807, 2.05) is 47.0 Å². The summed E-state index contributed by atoms with van der Waals surface area (Å²) in [6.07, 6.45) is 2.40. The van der Waals surface area contributed by atoms with Gasteiger partial charge in [-0.15, -0.1) is 16.8 Å². The van der Waals surface area contributed by atoms with Crippen molar-refractivity contribution in [1.29, 1.82) is 0 Å². The molecule has 0 aliphatic rings. The van der Waals surface area contributed by atoms with E-state index in [0.29, 0.717) is 34.5 Å². The SMILES string of the molecule is C=CCn1c(SCC(=O)Nc2cccc3ccccc23)nnc1[C@@H](CC(C)C)NC(=O)c1ccccc1Cl. The lowest BCUT2D eigenvalue weighted by Crippen LogP contribution is -2.32. The van der Waals surface area contributed by atoms with Crippen molar-refractivity contribution >= 4 is 51.6 Å². The van der Waals surface area contributed by atoms with Crippen LogP contribution in [0.1, 0.15) is 42.5 Å². The van der Waals surface area contributed by atoms with Crippen LogP contribution in [-0.2, 0) is 11.3 Å². The van der Waals surface area contributed by atoms with Gasteiger partial charge in [0.2, 0.25) is 5.91 Å². The van der Waals surface area contributed by atoms with E-state index >= 15 is 0 Å². The topological polar surface area (TPSA) is 88.9 Å². The first kappa shape index (κ1) is 27.4. The molecular weight excluding hydrogens is 518 g/mol.